The van der Waals surface area contributed by atoms with Crippen molar-refractivity contribution in [1.29, 1.82) is 0 Å². The van der Waals surface area contributed by atoms with Crippen molar-refractivity contribution in [3.8, 4) is 5.75 Å². The number of halogens is 2. The zero-order chi connectivity index (χ0) is 13.8. The number of nitrogens with zero attached hydrogens (tertiary/aromatic N) is 1. The number of rotatable bonds is 4. The van der Waals surface area contributed by atoms with Crippen LogP contribution in [0.5, 0.6) is 5.75 Å². The zero-order valence-electron chi connectivity index (χ0n) is 9.64. The number of benzene rings is 1. The van der Waals surface area contributed by atoms with E-state index < -0.39 is 17.6 Å². The Morgan fingerprint density at radius 2 is 2.11 bits per heavy atom. The highest BCUT2D eigenvalue weighted by Crippen LogP contribution is 2.23. The molecule has 1 aromatic heterocycles. The number of aromatic nitrogens is 1. The lowest BCUT2D eigenvalue weighted by atomic mass is 10.2. The number of carbonyl (C=O) groups is 1. The average molecular weight is 265 g/mol. The molecule has 6 heteroatoms. The highest BCUT2D eigenvalue weighted by Gasteiger charge is 2.15. The van der Waals surface area contributed by atoms with E-state index in [-0.39, 0.29) is 17.9 Å². The summed E-state index contributed by atoms with van der Waals surface area (Å²) in [6.45, 7) is -0.175. The third kappa shape index (κ3) is 3.04. The number of para-hydroxylation sites is 1. The SMILES string of the molecule is O=C(O)c1cccc(F)c1OCc1cncc(F)c1. The van der Waals surface area contributed by atoms with E-state index in [1.165, 1.54) is 24.4 Å². The number of hydrogen-bond acceptors (Lipinski definition) is 3. The van der Waals surface area contributed by atoms with Gasteiger partial charge in [0.15, 0.2) is 11.6 Å². The molecular formula is C13H9F2NO3. The van der Waals surface area contributed by atoms with E-state index in [0.29, 0.717) is 5.56 Å². The van der Waals surface area contributed by atoms with E-state index in [9.17, 15) is 13.6 Å². The topological polar surface area (TPSA) is 59.4 Å². The smallest absolute Gasteiger partial charge is 0.339 e. The summed E-state index contributed by atoms with van der Waals surface area (Å²) in [5.41, 5.74) is 0.0870. The molecule has 0 aliphatic heterocycles. The van der Waals surface area contributed by atoms with Crippen LogP contribution in [0.1, 0.15) is 15.9 Å². The first-order valence-corrected chi connectivity index (χ1v) is 5.32. The summed E-state index contributed by atoms with van der Waals surface area (Å²) in [6.07, 6.45) is 2.37. The van der Waals surface area contributed by atoms with Crippen molar-refractivity contribution in [2.24, 2.45) is 0 Å². The van der Waals surface area contributed by atoms with Gasteiger partial charge < -0.3 is 9.84 Å². The molecule has 0 fully saturated rings. The van der Waals surface area contributed by atoms with Gasteiger partial charge >= 0.3 is 5.97 Å². The third-order valence-corrected chi connectivity index (χ3v) is 2.34. The van der Waals surface area contributed by atoms with Crippen LogP contribution >= 0.6 is 0 Å². The van der Waals surface area contributed by atoms with Crippen molar-refractivity contribution < 1.29 is 23.4 Å². The molecule has 2 rings (SSSR count). The van der Waals surface area contributed by atoms with Gasteiger partial charge in [-0.05, 0) is 18.2 Å². The Balaban J connectivity index is 2.22. The van der Waals surface area contributed by atoms with Crippen LogP contribution < -0.4 is 4.74 Å². The quantitative estimate of drug-likeness (QED) is 0.923. The largest absolute Gasteiger partial charge is 0.485 e. The molecule has 0 radical (unpaired) electrons. The Labute approximate surface area is 107 Å². The zero-order valence-corrected chi connectivity index (χ0v) is 9.64. The Bertz CT molecular complexity index is 617. The molecule has 0 aliphatic rings. The Morgan fingerprint density at radius 1 is 1.32 bits per heavy atom. The van der Waals surface area contributed by atoms with Gasteiger partial charge in [-0.15, -0.1) is 0 Å². The lowest BCUT2D eigenvalue weighted by Crippen LogP contribution is -2.05. The number of pyridine rings is 1. The van der Waals surface area contributed by atoms with Crippen LogP contribution in [0.25, 0.3) is 0 Å². The van der Waals surface area contributed by atoms with Crippen molar-refractivity contribution in [2.45, 2.75) is 6.61 Å². The molecule has 1 N–H and O–H groups in total. The maximum absolute atomic E-state index is 13.5. The molecule has 19 heavy (non-hydrogen) atoms. The fourth-order valence-corrected chi connectivity index (χ4v) is 1.51. The molecule has 0 atom stereocenters. The summed E-state index contributed by atoms with van der Waals surface area (Å²) >= 11 is 0. The fourth-order valence-electron chi connectivity index (χ4n) is 1.51. The van der Waals surface area contributed by atoms with Crippen LogP contribution in [0, 0.1) is 11.6 Å². The molecule has 2 aromatic rings. The lowest BCUT2D eigenvalue weighted by Gasteiger charge is -2.09. The fraction of sp³-hybridized carbons (Fsp3) is 0.0769. The molecule has 0 saturated carbocycles. The number of aromatic carboxylic acids is 1. The van der Waals surface area contributed by atoms with Crippen LogP contribution in [0.3, 0.4) is 0 Å². The minimum Gasteiger partial charge on any atom is -0.485 e. The van der Waals surface area contributed by atoms with Crippen molar-refractivity contribution >= 4 is 5.97 Å². The van der Waals surface area contributed by atoms with Gasteiger partial charge in [0.05, 0.1) is 6.20 Å². The molecular weight excluding hydrogens is 256 g/mol. The van der Waals surface area contributed by atoms with Crippen molar-refractivity contribution in [2.75, 3.05) is 0 Å². The van der Waals surface area contributed by atoms with E-state index in [1.54, 1.807) is 0 Å². The molecule has 0 bridgehead atoms. The van der Waals surface area contributed by atoms with Crippen molar-refractivity contribution in [3.05, 3.63) is 59.4 Å². The average Bonchev–Trinajstić information content (AvgIpc) is 2.37. The molecule has 1 aromatic carbocycles. The number of hydrogen-bond donors (Lipinski definition) is 1. The minimum absolute atomic E-state index is 0.175. The van der Waals surface area contributed by atoms with Gasteiger partial charge in [0.25, 0.3) is 0 Å². The maximum atomic E-state index is 13.5. The van der Waals surface area contributed by atoms with Crippen LogP contribution in [-0.2, 0) is 6.61 Å². The van der Waals surface area contributed by atoms with Crippen molar-refractivity contribution in [3.63, 3.8) is 0 Å². The summed E-state index contributed by atoms with van der Waals surface area (Å²) < 4.78 is 31.5. The van der Waals surface area contributed by atoms with Crippen LogP contribution in [0.2, 0.25) is 0 Å². The van der Waals surface area contributed by atoms with Crippen LogP contribution in [0.4, 0.5) is 8.78 Å². The summed E-state index contributed by atoms with van der Waals surface area (Å²) in [6, 6.07) is 4.76. The van der Waals surface area contributed by atoms with Gasteiger partial charge in [0.1, 0.15) is 18.0 Å². The van der Waals surface area contributed by atoms with Gasteiger partial charge in [-0.2, -0.15) is 0 Å². The number of carboxylic acid groups (broad SMARTS) is 1. The second-order valence-corrected chi connectivity index (χ2v) is 3.72. The van der Waals surface area contributed by atoms with Gasteiger partial charge in [-0.25, -0.2) is 13.6 Å². The first-order chi connectivity index (χ1) is 9.08. The van der Waals surface area contributed by atoms with E-state index in [1.807, 2.05) is 0 Å². The molecule has 0 saturated heterocycles. The summed E-state index contributed by atoms with van der Waals surface area (Å²) in [4.78, 5) is 14.5. The molecule has 0 spiro atoms. The Morgan fingerprint density at radius 3 is 2.79 bits per heavy atom. The molecule has 0 amide bonds. The number of ether oxygens (including phenoxy) is 1. The van der Waals surface area contributed by atoms with Crippen LogP contribution in [-0.4, -0.2) is 16.1 Å². The van der Waals surface area contributed by atoms with E-state index >= 15 is 0 Å². The van der Waals surface area contributed by atoms with Gasteiger partial charge in [0.2, 0.25) is 0 Å². The summed E-state index contributed by atoms with van der Waals surface area (Å²) in [5, 5.41) is 8.91. The second kappa shape index (κ2) is 5.43. The third-order valence-electron chi connectivity index (χ3n) is 2.34. The predicted molar refractivity (Wildman–Crippen MR) is 61.9 cm³/mol. The van der Waals surface area contributed by atoms with Gasteiger partial charge in [-0.3, -0.25) is 4.98 Å². The van der Waals surface area contributed by atoms with E-state index in [4.69, 9.17) is 9.84 Å². The number of carboxylic acids is 1. The van der Waals surface area contributed by atoms with Crippen molar-refractivity contribution in [1.82, 2.24) is 4.98 Å². The van der Waals surface area contributed by atoms with Crippen LogP contribution in [0.15, 0.2) is 36.7 Å². The molecule has 4 nitrogen and oxygen atoms in total. The monoisotopic (exact) mass is 265 g/mol. The lowest BCUT2D eigenvalue weighted by molar-refractivity contribution is 0.0690. The Kier molecular flexibility index (Phi) is 3.70. The summed E-state index contributed by atoms with van der Waals surface area (Å²) in [5.74, 6) is -3.01. The Hall–Kier alpha value is -2.50. The first kappa shape index (κ1) is 12.9. The second-order valence-electron chi connectivity index (χ2n) is 3.72. The predicted octanol–water partition coefficient (Wildman–Crippen LogP) is 2.64. The standard InChI is InChI=1S/C13H9F2NO3/c14-9-4-8(5-16-6-9)7-19-12-10(13(17)18)2-1-3-11(12)15/h1-6H,7H2,(H,17,18). The summed E-state index contributed by atoms with van der Waals surface area (Å²) in [7, 11) is 0. The highest BCUT2D eigenvalue weighted by molar-refractivity contribution is 5.90. The molecule has 1 heterocycles. The van der Waals surface area contributed by atoms with E-state index in [0.717, 1.165) is 12.3 Å². The molecule has 0 aliphatic carbocycles. The molecule has 0 unspecified atom stereocenters. The van der Waals surface area contributed by atoms with E-state index in [2.05, 4.69) is 4.98 Å². The van der Waals surface area contributed by atoms with Gasteiger partial charge in [-0.1, -0.05) is 6.07 Å². The normalized spacial score (nSPS) is 10.2. The first-order valence-electron chi connectivity index (χ1n) is 5.32. The molecule has 98 valence electrons. The maximum Gasteiger partial charge on any atom is 0.339 e. The highest BCUT2D eigenvalue weighted by atomic mass is 19.1. The van der Waals surface area contributed by atoms with Gasteiger partial charge in [0, 0.05) is 11.8 Å². The minimum atomic E-state index is -1.30.